The van der Waals surface area contributed by atoms with Gasteiger partial charge in [0.2, 0.25) is 11.8 Å². The van der Waals surface area contributed by atoms with Crippen molar-refractivity contribution in [1.82, 2.24) is 0 Å². The molecular weight excluding hydrogens is 387 g/mol. The van der Waals surface area contributed by atoms with Crippen molar-refractivity contribution < 1.29 is 14.0 Å². The Bertz CT molecular complexity index is 768. The minimum absolute atomic E-state index is 0.101. The highest BCUT2D eigenvalue weighted by Crippen LogP contribution is 2.23. The zero-order valence-corrected chi connectivity index (χ0v) is 14.5. The number of benzene rings is 2. The van der Waals surface area contributed by atoms with Crippen LogP contribution in [0.4, 0.5) is 15.8 Å². The van der Waals surface area contributed by atoms with E-state index >= 15 is 0 Å². The zero-order chi connectivity index (χ0) is 17.0. The smallest absolute Gasteiger partial charge is 0.233 e. The van der Waals surface area contributed by atoms with Gasteiger partial charge in [-0.25, -0.2) is 4.39 Å². The molecule has 23 heavy (non-hydrogen) atoms. The summed E-state index contributed by atoms with van der Waals surface area (Å²) in [6, 6.07) is 9.24. The number of anilines is 2. The number of hydrogen-bond donors (Lipinski definition) is 2. The van der Waals surface area contributed by atoms with Crippen LogP contribution >= 0.6 is 27.5 Å². The Balaban J connectivity index is 1.94. The summed E-state index contributed by atoms with van der Waals surface area (Å²) in [7, 11) is 0. The molecular formula is C16H13BrClFN2O2. The number of hydrogen-bond acceptors (Lipinski definition) is 2. The van der Waals surface area contributed by atoms with E-state index in [2.05, 4.69) is 26.6 Å². The minimum atomic E-state index is -0.577. The Kier molecular flexibility index (Phi) is 5.74. The SMILES string of the molecule is Cc1ccc(NC(=O)CC(=O)Nc2ccc(F)c(Cl)c2)c(Br)c1. The maximum absolute atomic E-state index is 13.0. The number of aryl methyl sites for hydroxylation is 1. The Morgan fingerprint density at radius 3 is 2.48 bits per heavy atom. The third-order valence-electron chi connectivity index (χ3n) is 2.92. The van der Waals surface area contributed by atoms with Crippen LogP contribution in [-0.4, -0.2) is 11.8 Å². The van der Waals surface area contributed by atoms with Crippen molar-refractivity contribution in [2.24, 2.45) is 0 Å². The van der Waals surface area contributed by atoms with Gasteiger partial charge in [0.15, 0.2) is 0 Å². The molecule has 0 aliphatic rings. The molecule has 120 valence electrons. The molecule has 7 heteroatoms. The summed E-state index contributed by atoms with van der Waals surface area (Å²) in [5, 5.41) is 5.03. The average molecular weight is 400 g/mol. The molecule has 0 atom stereocenters. The summed E-state index contributed by atoms with van der Waals surface area (Å²) >= 11 is 8.97. The highest BCUT2D eigenvalue weighted by molar-refractivity contribution is 9.10. The van der Waals surface area contributed by atoms with Crippen LogP contribution in [0.3, 0.4) is 0 Å². The van der Waals surface area contributed by atoms with E-state index in [-0.39, 0.29) is 11.4 Å². The maximum atomic E-state index is 13.0. The van der Waals surface area contributed by atoms with Crippen LogP contribution in [0.15, 0.2) is 40.9 Å². The van der Waals surface area contributed by atoms with Crippen LogP contribution in [0.25, 0.3) is 0 Å². The fraction of sp³-hybridized carbons (Fsp3) is 0.125. The molecule has 0 saturated heterocycles. The van der Waals surface area contributed by atoms with Crippen LogP contribution in [0.1, 0.15) is 12.0 Å². The maximum Gasteiger partial charge on any atom is 0.233 e. The highest BCUT2D eigenvalue weighted by atomic mass is 79.9. The van der Waals surface area contributed by atoms with Crippen molar-refractivity contribution in [1.29, 1.82) is 0 Å². The lowest BCUT2D eigenvalue weighted by Crippen LogP contribution is -2.21. The predicted octanol–water partition coefficient (Wildman–Crippen LogP) is 4.52. The van der Waals surface area contributed by atoms with E-state index < -0.39 is 17.6 Å². The molecule has 0 aromatic heterocycles. The molecule has 0 saturated carbocycles. The van der Waals surface area contributed by atoms with Crippen molar-refractivity contribution in [2.75, 3.05) is 10.6 Å². The summed E-state index contributed by atoms with van der Waals surface area (Å²) in [6.07, 6.45) is -0.366. The molecule has 2 aromatic rings. The Morgan fingerprint density at radius 2 is 1.83 bits per heavy atom. The van der Waals surface area contributed by atoms with Crippen molar-refractivity contribution in [3.05, 3.63) is 57.3 Å². The summed E-state index contributed by atoms with van der Waals surface area (Å²) < 4.78 is 13.8. The minimum Gasteiger partial charge on any atom is -0.326 e. The second-order valence-corrected chi connectivity index (χ2v) is 6.15. The predicted molar refractivity (Wildman–Crippen MR) is 92.2 cm³/mol. The van der Waals surface area contributed by atoms with Gasteiger partial charge in [-0.05, 0) is 58.7 Å². The second-order valence-electron chi connectivity index (χ2n) is 4.89. The van der Waals surface area contributed by atoms with E-state index in [0.717, 1.165) is 16.1 Å². The first kappa shape index (κ1) is 17.4. The number of nitrogens with one attached hydrogen (secondary N) is 2. The average Bonchev–Trinajstić information content (AvgIpc) is 2.46. The monoisotopic (exact) mass is 398 g/mol. The molecule has 0 fully saturated rings. The molecule has 2 aromatic carbocycles. The number of carbonyl (C=O) groups excluding carboxylic acids is 2. The van der Waals surface area contributed by atoms with Gasteiger partial charge in [-0.2, -0.15) is 0 Å². The van der Waals surface area contributed by atoms with Crippen molar-refractivity contribution >= 4 is 50.7 Å². The third kappa shape index (κ3) is 5.04. The first-order valence-electron chi connectivity index (χ1n) is 6.66. The topological polar surface area (TPSA) is 58.2 Å². The fourth-order valence-electron chi connectivity index (χ4n) is 1.84. The van der Waals surface area contributed by atoms with Gasteiger partial charge in [0.25, 0.3) is 0 Å². The van der Waals surface area contributed by atoms with Gasteiger partial charge in [-0.3, -0.25) is 9.59 Å². The van der Waals surface area contributed by atoms with Gasteiger partial charge in [-0.15, -0.1) is 0 Å². The quantitative estimate of drug-likeness (QED) is 0.743. The van der Waals surface area contributed by atoms with Gasteiger partial charge in [0, 0.05) is 10.2 Å². The van der Waals surface area contributed by atoms with Crippen LogP contribution in [-0.2, 0) is 9.59 Å². The second kappa shape index (κ2) is 7.57. The number of amides is 2. The first-order valence-corrected chi connectivity index (χ1v) is 7.83. The molecule has 0 spiro atoms. The van der Waals surface area contributed by atoms with E-state index in [4.69, 9.17) is 11.6 Å². The van der Waals surface area contributed by atoms with Crippen LogP contribution in [0.2, 0.25) is 5.02 Å². The lowest BCUT2D eigenvalue weighted by Gasteiger charge is -2.09. The van der Waals surface area contributed by atoms with E-state index in [9.17, 15) is 14.0 Å². The van der Waals surface area contributed by atoms with Gasteiger partial charge >= 0.3 is 0 Å². The van der Waals surface area contributed by atoms with E-state index in [1.54, 1.807) is 6.07 Å². The summed E-state index contributed by atoms with van der Waals surface area (Å²) in [5.74, 6) is -1.56. The van der Waals surface area contributed by atoms with Gasteiger partial charge in [0.05, 0.1) is 10.7 Å². The Hall–Kier alpha value is -1.92. The van der Waals surface area contributed by atoms with E-state index in [0.29, 0.717) is 11.4 Å². The van der Waals surface area contributed by atoms with Gasteiger partial charge < -0.3 is 10.6 Å². The molecule has 4 nitrogen and oxygen atoms in total. The van der Waals surface area contributed by atoms with Gasteiger partial charge in [-0.1, -0.05) is 17.7 Å². The summed E-state index contributed by atoms with van der Waals surface area (Å²) in [4.78, 5) is 23.7. The van der Waals surface area contributed by atoms with Gasteiger partial charge in [0.1, 0.15) is 12.2 Å². The fourth-order valence-corrected chi connectivity index (χ4v) is 2.61. The molecule has 0 radical (unpaired) electrons. The molecule has 2 N–H and O–H groups in total. The number of carbonyl (C=O) groups is 2. The molecule has 0 heterocycles. The first-order chi connectivity index (χ1) is 10.8. The van der Waals surface area contributed by atoms with Crippen molar-refractivity contribution in [3.8, 4) is 0 Å². The standard InChI is InChI=1S/C16H13BrClFN2O2/c1-9-2-5-14(11(17)6-9)21-16(23)8-15(22)20-10-3-4-13(19)12(18)7-10/h2-7H,8H2,1H3,(H,20,22)(H,21,23). The molecule has 0 aliphatic heterocycles. The van der Waals surface area contributed by atoms with Crippen molar-refractivity contribution in [2.45, 2.75) is 13.3 Å². The Morgan fingerprint density at radius 1 is 1.13 bits per heavy atom. The lowest BCUT2D eigenvalue weighted by atomic mass is 10.2. The van der Waals surface area contributed by atoms with Crippen LogP contribution in [0, 0.1) is 12.7 Å². The zero-order valence-electron chi connectivity index (χ0n) is 12.1. The molecule has 2 amide bonds. The number of rotatable bonds is 4. The van der Waals surface area contributed by atoms with Crippen LogP contribution in [0.5, 0.6) is 0 Å². The number of halogens is 3. The van der Waals surface area contributed by atoms with E-state index in [1.165, 1.54) is 12.1 Å². The van der Waals surface area contributed by atoms with E-state index in [1.807, 2.05) is 19.1 Å². The highest BCUT2D eigenvalue weighted by Gasteiger charge is 2.12. The summed E-state index contributed by atoms with van der Waals surface area (Å²) in [5.41, 5.74) is 1.95. The molecule has 2 rings (SSSR count). The summed E-state index contributed by atoms with van der Waals surface area (Å²) in [6.45, 7) is 1.93. The molecule has 0 bridgehead atoms. The molecule has 0 aliphatic carbocycles. The lowest BCUT2D eigenvalue weighted by molar-refractivity contribution is -0.123. The Labute approximate surface area is 146 Å². The normalized spacial score (nSPS) is 10.3. The van der Waals surface area contributed by atoms with Crippen LogP contribution < -0.4 is 10.6 Å². The largest absolute Gasteiger partial charge is 0.326 e. The third-order valence-corrected chi connectivity index (χ3v) is 3.87. The molecule has 0 unspecified atom stereocenters. The van der Waals surface area contributed by atoms with Crippen molar-refractivity contribution in [3.63, 3.8) is 0 Å².